The Bertz CT molecular complexity index is 570. The molecular weight excluding hydrogens is 200 g/mol. The zero-order valence-corrected chi connectivity index (χ0v) is 7.77. The van der Waals surface area contributed by atoms with Crippen molar-refractivity contribution in [3.63, 3.8) is 0 Å². The molecule has 0 radical (unpaired) electrons. The monoisotopic (exact) mass is 206 g/mol. The quantitative estimate of drug-likeness (QED) is 0.610. The third-order valence-corrected chi connectivity index (χ3v) is 2.01. The summed E-state index contributed by atoms with van der Waals surface area (Å²) in [6.07, 6.45) is 0. The number of hydrogen-bond acceptors (Lipinski definition) is 5. The average molecular weight is 206 g/mol. The second-order valence-corrected chi connectivity index (χ2v) is 2.91. The van der Waals surface area contributed by atoms with E-state index >= 15 is 0 Å². The molecule has 0 amide bonds. The van der Waals surface area contributed by atoms with E-state index in [1.165, 1.54) is 25.3 Å². The van der Waals surface area contributed by atoms with Gasteiger partial charge in [-0.3, -0.25) is 0 Å². The molecule has 0 spiro atoms. The Kier molecular flexibility index (Phi) is 2.00. The van der Waals surface area contributed by atoms with E-state index in [1.54, 1.807) is 0 Å². The molecule has 1 heterocycles. The molecule has 2 rings (SSSR count). The zero-order chi connectivity index (χ0) is 11.0. The van der Waals surface area contributed by atoms with Gasteiger partial charge < -0.3 is 19.4 Å². The van der Waals surface area contributed by atoms with Crippen molar-refractivity contribution in [1.82, 2.24) is 0 Å². The Morgan fingerprint density at radius 3 is 2.67 bits per heavy atom. The standard InChI is InChI=1S/C10H8O5/c1-14-6-4-5-2-3-7(11)15-10(5)9(13)8(6)12/h2-4,12-13H,1H3/p-2. The minimum atomic E-state index is -0.859. The van der Waals surface area contributed by atoms with Crippen LogP contribution in [0.5, 0.6) is 17.2 Å². The zero-order valence-electron chi connectivity index (χ0n) is 7.77. The molecule has 1 aromatic carbocycles. The van der Waals surface area contributed by atoms with Crippen molar-refractivity contribution < 1.29 is 19.4 Å². The lowest BCUT2D eigenvalue weighted by Gasteiger charge is -2.22. The maximum atomic E-state index is 11.4. The normalized spacial score (nSPS) is 10.5. The van der Waals surface area contributed by atoms with E-state index in [4.69, 9.17) is 4.74 Å². The van der Waals surface area contributed by atoms with Gasteiger partial charge in [-0.05, 0) is 12.1 Å². The van der Waals surface area contributed by atoms with Crippen LogP contribution in [0, 0.1) is 0 Å². The van der Waals surface area contributed by atoms with Crippen LogP contribution in [0.2, 0.25) is 0 Å². The molecular formula is C10H6O5-2. The van der Waals surface area contributed by atoms with E-state index < -0.39 is 17.1 Å². The summed E-state index contributed by atoms with van der Waals surface area (Å²) in [4.78, 5) is 10.9. The van der Waals surface area contributed by atoms with Crippen molar-refractivity contribution in [2.24, 2.45) is 0 Å². The number of hydrogen-bond donors (Lipinski definition) is 0. The fourth-order valence-corrected chi connectivity index (χ4v) is 1.29. The van der Waals surface area contributed by atoms with Crippen LogP contribution >= 0.6 is 0 Å². The van der Waals surface area contributed by atoms with Crippen LogP contribution in [0.4, 0.5) is 0 Å². The smallest absolute Gasteiger partial charge is 0.336 e. The van der Waals surface area contributed by atoms with Crippen LogP contribution in [0.3, 0.4) is 0 Å². The molecule has 78 valence electrons. The first-order valence-electron chi connectivity index (χ1n) is 4.12. The molecule has 5 nitrogen and oxygen atoms in total. The molecule has 2 aromatic rings. The predicted molar refractivity (Wildman–Crippen MR) is 47.9 cm³/mol. The van der Waals surface area contributed by atoms with Gasteiger partial charge in [0, 0.05) is 11.5 Å². The van der Waals surface area contributed by atoms with Gasteiger partial charge in [0.25, 0.3) is 0 Å². The summed E-state index contributed by atoms with van der Waals surface area (Å²) >= 11 is 0. The van der Waals surface area contributed by atoms with E-state index in [-0.39, 0.29) is 11.3 Å². The summed E-state index contributed by atoms with van der Waals surface area (Å²) in [5.74, 6) is -1.72. The second-order valence-electron chi connectivity index (χ2n) is 2.91. The summed E-state index contributed by atoms with van der Waals surface area (Å²) in [6, 6.07) is 3.94. The molecule has 0 aliphatic carbocycles. The third kappa shape index (κ3) is 1.38. The molecule has 0 bridgehead atoms. The van der Waals surface area contributed by atoms with Gasteiger partial charge >= 0.3 is 5.63 Å². The van der Waals surface area contributed by atoms with Gasteiger partial charge in [-0.15, -0.1) is 0 Å². The topological polar surface area (TPSA) is 85.6 Å². The van der Waals surface area contributed by atoms with Crippen molar-refractivity contribution in [3.8, 4) is 17.2 Å². The molecule has 0 atom stereocenters. The largest absolute Gasteiger partial charge is 0.870 e. The first-order chi connectivity index (χ1) is 7.13. The predicted octanol–water partition coefficient (Wildman–Crippen LogP) is -0.0512. The van der Waals surface area contributed by atoms with Crippen molar-refractivity contribution in [2.75, 3.05) is 7.11 Å². The van der Waals surface area contributed by atoms with Crippen molar-refractivity contribution in [2.45, 2.75) is 0 Å². The van der Waals surface area contributed by atoms with E-state index in [1.807, 2.05) is 0 Å². The number of ether oxygens (including phenoxy) is 1. The SMILES string of the molecule is COc1cc2ccc(=O)oc2c([O-])c1[O-]. The Morgan fingerprint density at radius 2 is 2.00 bits per heavy atom. The lowest BCUT2D eigenvalue weighted by molar-refractivity contribution is -0.317. The van der Waals surface area contributed by atoms with Gasteiger partial charge in [-0.2, -0.15) is 0 Å². The molecule has 1 aromatic heterocycles. The molecule has 0 unspecified atom stereocenters. The van der Waals surface area contributed by atoms with Crippen LogP contribution in [0.25, 0.3) is 11.0 Å². The van der Waals surface area contributed by atoms with Gasteiger partial charge in [-0.25, -0.2) is 4.79 Å². The minimum Gasteiger partial charge on any atom is -0.870 e. The third-order valence-electron chi connectivity index (χ3n) is 2.01. The summed E-state index contributed by atoms with van der Waals surface area (Å²) in [7, 11) is 1.29. The van der Waals surface area contributed by atoms with Crippen molar-refractivity contribution in [3.05, 3.63) is 28.6 Å². The van der Waals surface area contributed by atoms with Crippen molar-refractivity contribution in [1.29, 1.82) is 0 Å². The van der Waals surface area contributed by atoms with E-state index in [2.05, 4.69) is 4.42 Å². The molecule has 5 heteroatoms. The highest BCUT2D eigenvalue weighted by Gasteiger charge is 2.03. The molecule has 0 saturated heterocycles. The Labute approximate surface area is 84.1 Å². The van der Waals surface area contributed by atoms with Gasteiger partial charge in [0.15, 0.2) is 0 Å². The number of methoxy groups -OCH3 is 1. The Hall–Kier alpha value is -2.17. The average Bonchev–Trinajstić information content (AvgIpc) is 2.24. The summed E-state index contributed by atoms with van der Waals surface area (Å²) in [5.41, 5.74) is -0.891. The summed E-state index contributed by atoms with van der Waals surface area (Å²) in [5, 5.41) is 23.1. The molecule has 0 fully saturated rings. The molecule has 0 saturated carbocycles. The van der Waals surface area contributed by atoms with Crippen LogP contribution in [0.1, 0.15) is 0 Å². The lowest BCUT2D eigenvalue weighted by Crippen LogP contribution is -2.04. The van der Waals surface area contributed by atoms with Crippen LogP contribution < -0.4 is 20.6 Å². The Morgan fingerprint density at radius 1 is 1.27 bits per heavy atom. The molecule has 0 aliphatic heterocycles. The second kappa shape index (κ2) is 3.20. The van der Waals surface area contributed by atoms with Crippen LogP contribution in [-0.4, -0.2) is 7.11 Å². The minimum absolute atomic E-state index is 0.0543. The van der Waals surface area contributed by atoms with Gasteiger partial charge in [0.2, 0.25) is 0 Å². The van der Waals surface area contributed by atoms with Crippen molar-refractivity contribution >= 4 is 11.0 Å². The number of fused-ring (bicyclic) bond motifs is 1. The Balaban J connectivity index is 2.90. The van der Waals surface area contributed by atoms with E-state index in [0.29, 0.717) is 5.39 Å². The fourth-order valence-electron chi connectivity index (χ4n) is 1.29. The van der Waals surface area contributed by atoms with E-state index in [0.717, 1.165) is 0 Å². The molecule has 0 aliphatic rings. The highest BCUT2D eigenvalue weighted by Crippen LogP contribution is 2.36. The van der Waals surface area contributed by atoms with E-state index in [9.17, 15) is 15.0 Å². The first-order valence-corrected chi connectivity index (χ1v) is 4.12. The van der Waals surface area contributed by atoms with Gasteiger partial charge in [0.05, 0.1) is 7.11 Å². The highest BCUT2D eigenvalue weighted by molar-refractivity contribution is 5.86. The highest BCUT2D eigenvalue weighted by atomic mass is 16.5. The van der Waals surface area contributed by atoms with Gasteiger partial charge in [0.1, 0.15) is 11.3 Å². The summed E-state index contributed by atoms with van der Waals surface area (Å²) < 4.78 is 9.38. The van der Waals surface area contributed by atoms with Crippen LogP contribution in [-0.2, 0) is 0 Å². The molecule has 0 N–H and O–H groups in total. The fraction of sp³-hybridized carbons (Fsp3) is 0.100. The lowest BCUT2D eigenvalue weighted by atomic mass is 10.2. The molecule has 15 heavy (non-hydrogen) atoms. The maximum absolute atomic E-state index is 11.4. The number of benzene rings is 1. The number of rotatable bonds is 1. The first kappa shape index (κ1) is 9.39. The summed E-state index contributed by atoms with van der Waals surface area (Å²) in [6.45, 7) is 0. The van der Waals surface area contributed by atoms with Crippen LogP contribution in [0.15, 0.2) is 27.4 Å². The maximum Gasteiger partial charge on any atom is 0.336 e. The van der Waals surface area contributed by atoms with Gasteiger partial charge in [-0.1, -0.05) is 11.5 Å².